The van der Waals surface area contributed by atoms with Crippen LogP contribution in [0.2, 0.25) is 0 Å². The van der Waals surface area contributed by atoms with E-state index in [0.29, 0.717) is 11.3 Å². The Morgan fingerprint density at radius 3 is 2.48 bits per heavy atom. The summed E-state index contributed by atoms with van der Waals surface area (Å²) in [7, 11) is 2.14. The van der Waals surface area contributed by atoms with Gasteiger partial charge in [-0.2, -0.15) is 5.26 Å². The lowest BCUT2D eigenvalue weighted by atomic mass is 10.0. The summed E-state index contributed by atoms with van der Waals surface area (Å²) in [5, 5.41) is 12.4. The number of nitrogens with two attached hydrogens (primary N) is 1. The number of pyridine rings is 1. The maximum absolute atomic E-state index is 11.9. The molecule has 7 heteroatoms. The van der Waals surface area contributed by atoms with E-state index < -0.39 is 5.91 Å². The van der Waals surface area contributed by atoms with E-state index in [1.807, 2.05) is 30.3 Å². The van der Waals surface area contributed by atoms with Crippen LogP contribution in [0.4, 0.5) is 17.1 Å². The average Bonchev–Trinajstić information content (AvgIpc) is 2.80. The second-order valence-electron chi connectivity index (χ2n) is 7.64. The maximum atomic E-state index is 11.9. The Morgan fingerprint density at radius 2 is 1.81 bits per heavy atom. The Balaban J connectivity index is 1.59. The number of rotatable bonds is 5. The zero-order chi connectivity index (χ0) is 21.8. The van der Waals surface area contributed by atoms with Gasteiger partial charge in [-0.1, -0.05) is 12.1 Å². The lowest BCUT2D eigenvalue weighted by Gasteiger charge is -2.34. The second-order valence-corrected chi connectivity index (χ2v) is 7.64. The first-order chi connectivity index (χ1) is 15.0. The van der Waals surface area contributed by atoms with Crippen molar-refractivity contribution in [3.05, 3.63) is 72.1 Å². The number of hydrogen-bond acceptors (Lipinski definition) is 6. The molecule has 3 N–H and O–H groups in total. The van der Waals surface area contributed by atoms with E-state index in [4.69, 9.17) is 11.0 Å². The van der Waals surface area contributed by atoms with Crippen molar-refractivity contribution in [1.29, 1.82) is 5.26 Å². The molecule has 1 aliphatic heterocycles. The minimum atomic E-state index is -0.603. The Bertz CT molecular complexity index is 1130. The normalized spacial score (nSPS) is 14.1. The summed E-state index contributed by atoms with van der Waals surface area (Å²) in [4.78, 5) is 20.9. The molecule has 4 rings (SSSR count). The number of aromatic nitrogens is 1. The highest BCUT2D eigenvalue weighted by Gasteiger charge is 2.15. The molecule has 31 heavy (non-hydrogen) atoms. The molecule has 3 aromatic rings. The number of hydrogen-bond donors (Lipinski definition) is 2. The summed E-state index contributed by atoms with van der Waals surface area (Å²) in [6.07, 6.45) is 1.60. The molecular weight excluding hydrogens is 388 g/mol. The number of carbonyl (C=O) groups is 1. The number of nitrogens with zero attached hydrogens (tertiary/aromatic N) is 4. The van der Waals surface area contributed by atoms with Crippen molar-refractivity contribution < 1.29 is 4.79 Å². The Hall–Kier alpha value is -3.89. The molecule has 2 aromatic carbocycles. The van der Waals surface area contributed by atoms with Gasteiger partial charge in [0.25, 0.3) is 5.91 Å². The number of nitriles is 1. The number of nitrogens with one attached hydrogen (secondary N) is 1. The highest BCUT2D eigenvalue weighted by molar-refractivity contribution is 5.98. The first-order valence-corrected chi connectivity index (χ1v) is 10.1. The van der Waals surface area contributed by atoms with Crippen LogP contribution < -0.4 is 16.0 Å². The van der Waals surface area contributed by atoms with Crippen LogP contribution in [-0.4, -0.2) is 49.0 Å². The zero-order valence-electron chi connectivity index (χ0n) is 17.4. The van der Waals surface area contributed by atoms with Crippen LogP contribution in [0.1, 0.15) is 16.1 Å². The first-order valence-electron chi connectivity index (χ1n) is 10.1. The van der Waals surface area contributed by atoms with Gasteiger partial charge in [0.1, 0.15) is 0 Å². The molecule has 0 unspecified atom stereocenters. The summed E-state index contributed by atoms with van der Waals surface area (Å²) in [5.41, 5.74) is 10.4. The van der Waals surface area contributed by atoms with Crippen molar-refractivity contribution in [2.45, 2.75) is 0 Å². The third kappa shape index (κ3) is 4.65. The van der Waals surface area contributed by atoms with Crippen molar-refractivity contribution in [3.8, 4) is 17.2 Å². The average molecular weight is 412 g/mol. The van der Waals surface area contributed by atoms with Crippen LogP contribution in [0.5, 0.6) is 0 Å². The number of primary amides is 1. The number of likely N-dealkylation sites (N-methyl/N-ethyl adjacent to an activating group) is 1. The SMILES string of the molecule is CN1CCN(c2ccc(Nc3cc(-c4cccc(C#N)c4)cnc3C(N)=O)cc2)CC1. The predicted octanol–water partition coefficient (Wildman–Crippen LogP) is 3.21. The lowest BCUT2D eigenvalue weighted by molar-refractivity contribution is 0.0996. The van der Waals surface area contributed by atoms with Crippen LogP contribution >= 0.6 is 0 Å². The molecule has 1 aliphatic rings. The van der Waals surface area contributed by atoms with Gasteiger partial charge in [-0.3, -0.25) is 4.79 Å². The molecule has 7 nitrogen and oxygen atoms in total. The van der Waals surface area contributed by atoms with Crippen molar-refractivity contribution in [1.82, 2.24) is 9.88 Å². The van der Waals surface area contributed by atoms with Gasteiger partial charge in [0.2, 0.25) is 0 Å². The number of amides is 1. The highest BCUT2D eigenvalue weighted by atomic mass is 16.1. The quantitative estimate of drug-likeness (QED) is 0.668. The van der Waals surface area contributed by atoms with Gasteiger partial charge >= 0.3 is 0 Å². The summed E-state index contributed by atoms with van der Waals surface area (Å²) in [5.74, 6) is -0.603. The third-order valence-corrected chi connectivity index (χ3v) is 5.46. The molecule has 156 valence electrons. The molecule has 0 saturated carbocycles. The fraction of sp³-hybridized carbons (Fsp3) is 0.208. The fourth-order valence-corrected chi connectivity index (χ4v) is 3.66. The van der Waals surface area contributed by atoms with E-state index in [0.717, 1.165) is 43.0 Å². The summed E-state index contributed by atoms with van der Waals surface area (Å²) in [6.45, 7) is 4.10. The lowest BCUT2D eigenvalue weighted by Crippen LogP contribution is -2.44. The molecule has 1 aromatic heterocycles. The molecule has 0 atom stereocenters. The molecule has 1 saturated heterocycles. The summed E-state index contributed by atoms with van der Waals surface area (Å²) in [6, 6.07) is 19.3. The Kier molecular flexibility index (Phi) is 5.83. The van der Waals surface area contributed by atoms with E-state index in [-0.39, 0.29) is 5.69 Å². The molecular formula is C24H24N6O. The highest BCUT2D eigenvalue weighted by Crippen LogP contribution is 2.28. The van der Waals surface area contributed by atoms with Crippen LogP contribution in [0.3, 0.4) is 0 Å². The van der Waals surface area contributed by atoms with Crippen molar-refractivity contribution >= 4 is 23.0 Å². The van der Waals surface area contributed by atoms with Crippen LogP contribution in [-0.2, 0) is 0 Å². The van der Waals surface area contributed by atoms with Crippen molar-refractivity contribution in [3.63, 3.8) is 0 Å². The standard InChI is InChI=1S/C24H24N6O/c1-29-9-11-30(12-10-29)21-7-5-20(6-8-21)28-22-14-19(16-27-23(22)24(26)31)18-4-2-3-17(13-18)15-25/h2-8,13-14,16,28H,9-12H2,1H3,(H2,26,31). The van der Waals surface area contributed by atoms with Gasteiger partial charge in [0.15, 0.2) is 5.69 Å². The number of carbonyl (C=O) groups excluding carboxylic acids is 1. The van der Waals surface area contributed by atoms with Gasteiger partial charge in [-0.05, 0) is 55.1 Å². The Labute approximate surface area is 181 Å². The first kappa shape index (κ1) is 20.4. The fourth-order valence-electron chi connectivity index (χ4n) is 3.66. The minimum absolute atomic E-state index is 0.170. The smallest absolute Gasteiger partial charge is 0.269 e. The van der Waals surface area contributed by atoms with Crippen molar-refractivity contribution in [2.24, 2.45) is 5.73 Å². The van der Waals surface area contributed by atoms with E-state index in [1.54, 1.807) is 18.3 Å². The van der Waals surface area contributed by atoms with E-state index >= 15 is 0 Å². The van der Waals surface area contributed by atoms with Crippen LogP contribution in [0, 0.1) is 11.3 Å². The van der Waals surface area contributed by atoms with Crippen molar-refractivity contribution in [2.75, 3.05) is 43.4 Å². The van der Waals surface area contributed by atoms with E-state index in [2.05, 4.69) is 45.4 Å². The van der Waals surface area contributed by atoms with Crippen LogP contribution in [0.25, 0.3) is 11.1 Å². The largest absolute Gasteiger partial charge is 0.369 e. The number of anilines is 3. The molecule has 2 heterocycles. The maximum Gasteiger partial charge on any atom is 0.269 e. The molecule has 0 spiro atoms. The molecule has 0 bridgehead atoms. The monoisotopic (exact) mass is 412 g/mol. The Morgan fingerprint density at radius 1 is 1.06 bits per heavy atom. The predicted molar refractivity (Wildman–Crippen MR) is 122 cm³/mol. The summed E-state index contributed by atoms with van der Waals surface area (Å²) >= 11 is 0. The second kappa shape index (κ2) is 8.86. The van der Waals surface area contributed by atoms with Gasteiger partial charge < -0.3 is 20.9 Å². The van der Waals surface area contributed by atoms with Gasteiger partial charge in [-0.15, -0.1) is 0 Å². The van der Waals surface area contributed by atoms with E-state index in [1.165, 1.54) is 5.69 Å². The molecule has 1 amide bonds. The molecule has 0 radical (unpaired) electrons. The molecule has 0 aliphatic carbocycles. The van der Waals surface area contributed by atoms with Gasteiger partial charge in [-0.25, -0.2) is 4.98 Å². The van der Waals surface area contributed by atoms with Gasteiger partial charge in [0, 0.05) is 49.3 Å². The molecule has 1 fully saturated rings. The zero-order valence-corrected chi connectivity index (χ0v) is 17.4. The van der Waals surface area contributed by atoms with Crippen LogP contribution in [0.15, 0.2) is 60.8 Å². The minimum Gasteiger partial charge on any atom is -0.369 e. The summed E-state index contributed by atoms with van der Waals surface area (Å²) < 4.78 is 0. The number of benzene rings is 2. The third-order valence-electron chi connectivity index (χ3n) is 5.46. The van der Waals surface area contributed by atoms with Gasteiger partial charge in [0.05, 0.1) is 17.3 Å². The topological polar surface area (TPSA) is 98.3 Å². The number of piperazine rings is 1. The van der Waals surface area contributed by atoms with E-state index in [9.17, 15) is 4.79 Å².